The van der Waals surface area contributed by atoms with Crippen LogP contribution in [0.4, 0.5) is 18.0 Å². The molecular formula is C6H6F3N3O2S. The molecule has 1 rings (SSSR count). The van der Waals surface area contributed by atoms with E-state index in [1.54, 1.807) is 0 Å². The first-order valence-electron chi connectivity index (χ1n) is 3.58. The number of carbonyl (C=O) groups is 1. The summed E-state index contributed by atoms with van der Waals surface area (Å²) >= 11 is 0.435. The molecule has 0 spiro atoms. The minimum absolute atomic E-state index is 0.172. The van der Waals surface area contributed by atoms with E-state index in [4.69, 9.17) is 0 Å². The van der Waals surface area contributed by atoms with E-state index in [1.165, 1.54) is 7.05 Å². The molecule has 0 aromatic carbocycles. The topological polar surface area (TPSA) is 57.0 Å². The third-order valence-corrected chi connectivity index (χ3v) is 2.19. The predicted molar refractivity (Wildman–Crippen MR) is 44.3 cm³/mol. The fourth-order valence-electron chi connectivity index (χ4n) is 0.695. The molecule has 0 bridgehead atoms. The SMILES string of the molecule is COC(=O)Sc1nc(C(F)(F)F)nn1C. The summed E-state index contributed by atoms with van der Waals surface area (Å²) in [7, 11) is 2.38. The number of methoxy groups -OCH3 is 1. The number of halogens is 3. The lowest BCUT2D eigenvalue weighted by Gasteiger charge is -1.97. The molecule has 0 aliphatic carbocycles. The Balaban J connectivity index is 2.92. The maximum absolute atomic E-state index is 12.1. The third kappa shape index (κ3) is 2.85. The number of hydrogen-bond acceptors (Lipinski definition) is 5. The number of nitrogens with zero attached hydrogens (tertiary/aromatic N) is 3. The lowest BCUT2D eigenvalue weighted by molar-refractivity contribution is -0.145. The molecule has 1 heterocycles. The summed E-state index contributed by atoms with van der Waals surface area (Å²) in [5.74, 6) is -1.28. The van der Waals surface area contributed by atoms with Gasteiger partial charge in [0.1, 0.15) is 0 Å². The van der Waals surface area contributed by atoms with Gasteiger partial charge in [-0.25, -0.2) is 9.48 Å². The van der Waals surface area contributed by atoms with Crippen molar-refractivity contribution in [3.8, 4) is 0 Å². The Kier molecular flexibility index (Phi) is 3.22. The summed E-state index contributed by atoms with van der Waals surface area (Å²) in [6, 6.07) is 0. The highest BCUT2D eigenvalue weighted by Gasteiger charge is 2.37. The number of aromatic nitrogens is 3. The summed E-state index contributed by atoms with van der Waals surface area (Å²) in [5.41, 5.74) is 0. The quantitative estimate of drug-likeness (QED) is 0.553. The summed E-state index contributed by atoms with van der Waals surface area (Å²) in [5, 5.41) is 2.20. The van der Waals surface area contributed by atoms with Gasteiger partial charge in [-0.2, -0.15) is 18.2 Å². The Morgan fingerprint density at radius 3 is 2.53 bits per heavy atom. The van der Waals surface area contributed by atoms with E-state index in [9.17, 15) is 18.0 Å². The lowest BCUT2D eigenvalue weighted by atomic mass is 10.6. The van der Waals surface area contributed by atoms with Crippen LogP contribution in [0.1, 0.15) is 5.82 Å². The second kappa shape index (κ2) is 4.09. The standard InChI is InChI=1S/C6H6F3N3O2S/c1-12-4(15-5(13)14-2)10-3(11-12)6(7,8)9/h1-2H3. The molecule has 0 unspecified atom stereocenters. The van der Waals surface area contributed by atoms with Gasteiger partial charge in [0.15, 0.2) is 5.16 Å². The lowest BCUT2D eigenvalue weighted by Crippen LogP contribution is -2.08. The molecule has 1 aromatic heterocycles. The molecule has 5 nitrogen and oxygen atoms in total. The van der Waals surface area contributed by atoms with Gasteiger partial charge in [0.2, 0.25) is 0 Å². The van der Waals surface area contributed by atoms with Crippen LogP contribution < -0.4 is 0 Å². The van der Waals surface area contributed by atoms with Crippen LogP contribution in [0.5, 0.6) is 0 Å². The van der Waals surface area contributed by atoms with Gasteiger partial charge in [0, 0.05) is 18.8 Å². The molecule has 0 N–H and O–H groups in total. The van der Waals surface area contributed by atoms with E-state index in [1.807, 2.05) is 0 Å². The van der Waals surface area contributed by atoms with E-state index in [0.717, 1.165) is 11.8 Å². The summed E-state index contributed by atoms with van der Waals surface area (Å²) < 4.78 is 41.5. The molecule has 0 atom stereocenters. The molecule has 15 heavy (non-hydrogen) atoms. The molecule has 0 saturated carbocycles. The van der Waals surface area contributed by atoms with Crippen molar-refractivity contribution in [3.05, 3.63) is 5.82 Å². The van der Waals surface area contributed by atoms with Crippen LogP contribution in [0.3, 0.4) is 0 Å². The molecule has 1 aromatic rings. The molecule has 0 radical (unpaired) electrons. The number of ether oxygens (including phenoxy) is 1. The van der Waals surface area contributed by atoms with Crippen molar-refractivity contribution in [1.29, 1.82) is 0 Å². The first-order valence-corrected chi connectivity index (χ1v) is 4.40. The highest BCUT2D eigenvalue weighted by Crippen LogP contribution is 2.28. The molecule has 84 valence electrons. The largest absolute Gasteiger partial charge is 0.461 e. The van der Waals surface area contributed by atoms with Crippen LogP contribution in [0.2, 0.25) is 0 Å². The van der Waals surface area contributed by atoms with Crippen molar-refractivity contribution >= 4 is 17.1 Å². The van der Waals surface area contributed by atoms with Crippen molar-refractivity contribution in [2.24, 2.45) is 7.05 Å². The van der Waals surface area contributed by atoms with Gasteiger partial charge < -0.3 is 4.74 Å². The van der Waals surface area contributed by atoms with Crippen molar-refractivity contribution in [1.82, 2.24) is 14.8 Å². The van der Waals surface area contributed by atoms with Crippen LogP contribution in [0.15, 0.2) is 5.16 Å². The summed E-state index contributed by atoms with van der Waals surface area (Å²) in [6.45, 7) is 0. The first-order chi connectivity index (χ1) is 6.84. The molecule has 0 saturated heterocycles. The molecule has 9 heteroatoms. The summed E-state index contributed by atoms with van der Waals surface area (Å²) in [4.78, 5) is 13.9. The van der Waals surface area contributed by atoms with E-state index in [0.29, 0.717) is 11.8 Å². The number of alkyl halides is 3. The van der Waals surface area contributed by atoms with Crippen molar-refractivity contribution in [2.45, 2.75) is 11.3 Å². The average molecular weight is 241 g/mol. The third-order valence-electron chi connectivity index (χ3n) is 1.32. The highest BCUT2D eigenvalue weighted by molar-refractivity contribution is 8.13. The fourth-order valence-corrected chi connectivity index (χ4v) is 1.23. The molecule has 0 aliphatic rings. The van der Waals surface area contributed by atoms with Gasteiger partial charge in [-0.05, 0) is 0 Å². The zero-order valence-electron chi connectivity index (χ0n) is 7.70. The van der Waals surface area contributed by atoms with Gasteiger partial charge in [-0.3, -0.25) is 0 Å². The molecule has 0 amide bonds. The smallest absolute Gasteiger partial charge is 0.453 e. The number of rotatable bonds is 1. The minimum atomic E-state index is -4.62. The average Bonchev–Trinajstić information content (AvgIpc) is 2.47. The number of hydrogen-bond donors (Lipinski definition) is 0. The van der Waals surface area contributed by atoms with E-state index in [2.05, 4.69) is 14.8 Å². The van der Waals surface area contributed by atoms with Gasteiger partial charge >= 0.3 is 11.5 Å². The number of thioether (sulfide) groups is 1. The Bertz CT molecular complexity index is 376. The maximum atomic E-state index is 12.1. The van der Waals surface area contributed by atoms with Crippen LogP contribution in [-0.4, -0.2) is 27.2 Å². The van der Waals surface area contributed by atoms with Crippen molar-refractivity contribution in [2.75, 3.05) is 7.11 Å². The van der Waals surface area contributed by atoms with Gasteiger partial charge in [0.05, 0.1) is 7.11 Å². The second-order valence-electron chi connectivity index (χ2n) is 2.40. The molecular weight excluding hydrogens is 235 g/mol. The monoisotopic (exact) mass is 241 g/mol. The van der Waals surface area contributed by atoms with E-state index >= 15 is 0 Å². The van der Waals surface area contributed by atoms with Gasteiger partial charge in [-0.15, -0.1) is 5.10 Å². The highest BCUT2D eigenvalue weighted by atomic mass is 32.2. The second-order valence-corrected chi connectivity index (χ2v) is 3.30. The zero-order chi connectivity index (χ0) is 11.6. The van der Waals surface area contributed by atoms with Crippen LogP contribution >= 0.6 is 11.8 Å². The Morgan fingerprint density at radius 2 is 2.13 bits per heavy atom. The zero-order valence-corrected chi connectivity index (χ0v) is 8.52. The van der Waals surface area contributed by atoms with Gasteiger partial charge in [-0.1, -0.05) is 0 Å². The molecule has 0 fully saturated rings. The maximum Gasteiger partial charge on any atom is 0.453 e. The van der Waals surface area contributed by atoms with Crippen molar-refractivity contribution < 1.29 is 22.7 Å². The van der Waals surface area contributed by atoms with Crippen molar-refractivity contribution in [3.63, 3.8) is 0 Å². The van der Waals surface area contributed by atoms with E-state index in [-0.39, 0.29) is 5.16 Å². The Hall–Kier alpha value is -1.25. The normalized spacial score (nSPS) is 11.5. The van der Waals surface area contributed by atoms with Gasteiger partial charge in [0.25, 0.3) is 5.82 Å². The first kappa shape index (κ1) is 11.8. The Morgan fingerprint density at radius 1 is 1.53 bits per heavy atom. The predicted octanol–water partition coefficient (Wildman–Crippen LogP) is 1.69. The van der Waals surface area contributed by atoms with Crippen LogP contribution in [0, 0.1) is 0 Å². The van der Waals surface area contributed by atoms with E-state index < -0.39 is 17.3 Å². The Labute approximate surface area is 86.6 Å². The molecule has 0 aliphatic heterocycles. The fraction of sp³-hybridized carbons (Fsp3) is 0.500. The number of aryl methyl sites for hydroxylation is 1. The number of carbonyl (C=O) groups excluding carboxylic acids is 1. The minimum Gasteiger partial charge on any atom is -0.461 e. The van der Waals surface area contributed by atoms with Crippen LogP contribution in [-0.2, 0) is 18.0 Å². The summed E-state index contributed by atoms with van der Waals surface area (Å²) in [6.07, 6.45) is -4.62. The van der Waals surface area contributed by atoms with Crippen LogP contribution in [0.25, 0.3) is 0 Å².